The van der Waals surface area contributed by atoms with Crippen LogP contribution in [0.4, 0.5) is 0 Å². The van der Waals surface area contributed by atoms with E-state index in [1.54, 1.807) is 0 Å². The van der Waals surface area contributed by atoms with Gasteiger partial charge in [-0.1, -0.05) is 0 Å². The lowest BCUT2D eigenvalue weighted by Gasteiger charge is -1.86. The third-order valence-electron chi connectivity index (χ3n) is 0.489. The molecule has 0 unspecified atom stereocenters. The van der Waals surface area contributed by atoms with E-state index in [1.807, 2.05) is 0 Å². The Kier molecular flexibility index (Phi) is 1.62. The molecule has 0 saturated carbocycles. The second-order valence-corrected chi connectivity index (χ2v) is 1.30. The summed E-state index contributed by atoms with van der Waals surface area (Å²) >= 11 is 0. The van der Waals surface area contributed by atoms with Crippen molar-refractivity contribution in [1.29, 1.82) is 0 Å². The van der Waals surface area contributed by atoms with Gasteiger partial charge in [-0.05, 0) is 6.92 Å². The van der Waals surface area contributed by atoms with Crippen molar-refractivity contribution in [1.82, 2.24) is 0 Å². The third-order valence-corrected chi connectivity index (χ3v) is 0.489. The van der Waals surface area contributed by atoms with Crippen LogP contribution in [-0.4, -0.2) is 16.9 Å². The Hall–Kier alpha value is -0.860. The van der Waals surface area contributed by atoms with Gasteiger partial charge in [-0.3, -0.25) is 4.79 Å². The van der Waals surface area contributed by atoms with E-state index in [9.17, 15) is 9.59 Å². The number of ketones is 1. The van der Waals surface area contributed by atoms with Gasteiger partial charge in [0.15, 0.2) is 0 Å². The molecule has 0 aromatic heterocycles. The first-order chi connectivity index (χ1) is 4.36. The maximum absolute atomic E-state index is 10.4. The highest BCUT2D eigenvalue weighted by molar-refractivity contribution is 5.80. The van der Waals surface area contributed by atoms with E-state index in [0.717, 1.165) is 6.92 Å². The highest BCUT2D eigenvalue weighted by Gasteiger charge is 1.97. The number of carboxylic acids is 1. The van der Waals surface area contributed by atoms with Gasteiger partial charge in [-0.15, -0.1) is 0 Å². The zero-order chi connectivity index (χ0) is 8.36. The summed E-state index contributed by atoms with van der Waals surface area (Å²) in [6, 6.07) is 0. The highest BCUT2D eigenvalue weighted by Crippen LogP contribution is 1.87. The van der Waals surface area contributed by atoms with Gasteiger partial charge in [0.25, 0.3) is 0 Å². The largest absolute Gasteiger partial charge is 0.481 e. The van der Waals surface area contributed by atoms with E-state index >= 15 is 0 Å². The molecule has 46 valence electrons. The Bertz CT molecular complexity index is 164. The van der Waals surface area contributed by atoms with Crippen molar-refractivity contribution in [3.05, 3.63) is 0 Å². The quantitative estimate of drug-likeness (QED) is 0.585. The van der Waals surface area contributed by atoms with Crippen LogP contribution in [0.5, 0.6) is 0 Å². The summed E-state index contributed by atoms with van der Waals surface area (Å²) in [6.07, 6.45) is -2.98. The molecule has 1 N–H and O–H groups in total. The fourth-order valence-corrected chi connectivity index (χ4v) is 0.200. The summed E-state index contributed by atoms with van der Waals surface area (Å²) in [7, 11) is 0. The normalized spacial score (nSPS) is 14.1. The van der Waals surface area contributed by atoms with Crippen LogP contribution in [-0.2, 0) is 9.59 Å². The molecule has 0 aliphatic carbocycles. The molecule has 0 bridgehead atoms. The number of hydrogen-bond acceptors (Lipinski definition) is 2. The Morgan fingerprint density at radius 1 is 1.75 bits per heavy atom. The first-order valence-corrected chi connectivity index (χ1v) is 2.09. The van der Waals surface area contributed by atoms with Crippen LogP contribution in [0.3, 0.4) is 0 Å². The lowest BCUT2D eigenvalue weighted by Crippen LogP contribution is -1.98. The molecule has 0 rings (SSSR count). The molecular weight excluding hydrogens is 108 g/mol. The Morgan fingerprint density at radius 2 is 2.25 bits per heavy atom. The SMILES string of the molecule is [2H]C([2H])(CC(=O)O)C(C)=O. The second kappa shape index (κ2) is 3.18. The fourth-order valence-electron chi connectivity index (χ4n) is 0.200. The maximum Gasteiger partial charge on any atom is 0.303 e. The van der Waals surface area contributed by atoms with Crippen molar-refractivity contribution in [2.24, 2.45) is 0 Å². The third kappa shape index (κ3) is 5.14. The van der Waals surface area contributed by atoms with Gasteiger partial charge in [-0.2, -0.15) is 0 Å². The van der Waals surface area contributed by atoms with Crippen molar-refractivity contribution >= 4 is 11.8 Å². The molecule has 0 saturated heterocycles. The van der Waals surface area contributed by atoms with Crippen LogP contribution in [0.2, 0.25) is 0 Å². The van der Waals surface area contributed by atoms with Gasteiger partial charge in [0, 0.05) is 9.11 Å². The highest BCUT2D eigenvalue weighted by atomic mass is 16.4. The zero-order valence-corrected chi connectivity index (χ0v) is 4.47. The van der Waals surface area contributed by atoms with E-state index in [1.165, 1.54) is 0 Å². The standard InChI is InChI=1S/C5H8O3/c1-4(6)2-3-5(7)8/h2-3H2,1H3,(H,7,8)/i2D2. The van der Waals surface area contributed by atoms with Gasteiger partial charge in [0.1, 0.15) is 5.78 Å². The average molecular weight is 118 g/mol. The van der Waals surface area contributed by atoms with Crippen LogP contribution in [0.15, 0.2) is 0 Å². The van der Waals surface area contributed by atoms with E-state index in [-0.39, 0.29) is 0 Å². The molecule has 0 fully saturated rings. The summed E-state index contributed by atoms with van der Waals surface area (Å²) in [5.74, 6) is -2.06. The summed E-state index contributed by atoms with van der Waals surface area (Å²) in [6.45, 7) is 1.03. The summed E-state index contributed by atoms with van der Waals surface area (Å²) in [5.41, 5.74) is 0. The van der Waals surface area contributed by atoms with Crippen LogP contribution in [0, 0.1) is 0 Å². The van der Waals surface area contributed by atoms with Crippen LogP contribution in [0.1, 0.15) is 22.5 Å². The predicted molar refractivity (Wildman–Crippen MR) is 27.6 cm³/mol. The molecular formula is C5H8O3. The monoisotopic (exact) mass is 118 g/mol. The van der Waals surface area contributed by atoms with Crippen LogP contribution < -0.4 is 0 Å². The average Bonchev–Trinajstić information content (AvgIpc) is 1.60. The minimum atomic E-state index is -2.22. The second-order valence-electron chi connectivity index (χ2n) is 1.30. The minimum absolute atomic E-state index is 0.755. The van der Waals surface area contributed by atoms with Crippen molar-refractivity contribution in [3.8, 4) is 0 Å². The molecule has 0 aromatic carbocycles. The number of rotatable bonds is 3. The van der Waals surface area contributed by atoms with E-state index in [0.29, 0.717) is 0 Å². The first-order valence-electron chi connectivity index (χ1n) is 3.09. The topological polar surface area (TPSA) is 54.4 Å². The fraction of sp³-hybridized carbons (Fsp3) is 0.600. The lowest BCUT2D eigenvalue weighted by molar-refractivity contribution is -0.138. The summed E-state index contributed by atoms with van der Waals surface area (Å²) in [4.78, 5) is 20.3. The molecule has 0 radical (unpaired) electrons. The van der Waals surface area contributed by atoms with Gasteiger partial charge >= 0.3 is 5.97 Å². The molecule has 0 aliphatic heterocycles. The number of Topliss-reactive ketones (excluding diaryl/α,β-unsaturated/α-hetero) is 1. The molecule has 8 heavy (non-hydrogen) atoms. The molecule has 0 aliphatic rings. The number of carboxylic acid groups (broad SMARTS) is 1. The first kappa shape index (κ1) is 4.06. The van der Waals surface area contributed by atoms with E-state index < -0.39 is 24.5 Å². The molecule has 0 atom stereocenters. The van der Waals surface area contributed by atoms with Crippen LogP contribution >= 0.6 is 0 Å². The number of carbonyl (C=O) groups is 2. The van der Waals surface area contributed by atoms with Crippen molar-refractivity contribution < 1.29 is 17.4 Å². The van der Waals surface area contributed by atoms with Crippen molar-refractivity contribution in [3.63, 3.8) is 0 Å². The molecule has 0 amide bonds. The van der Waals surface area contributed by atoms with E-state index in [4.69, 9.17) is 7.85 Å². The Morgan fingerprint density at radius 3 is 2.38 bits per heavy atom. The molecule has 0 aromatic rings. The number of hydrogen-bond donors (Lipinski definition) is 1. The zero-order valence-electron chi connectivity index (χ0n) is 6.47. The maximum atomic E-state index is 10.4. The van der Waals surface area contributed by atoms with Gasteiger partial charge in [0.05, 0.1) is 6.42 Å². The van der Waals surface area contributed by atoms with Gasteiger partial charge < -0.3 is 9.90 Å². The Balaban J connectivity index is 4.13. The predicted octanol–water partition coefficient (Wildman–Crippen LogP) is 0.440. The summed E-state index contributed by atoms with van der Waals surface area (Å²) < 4.78 is 13.7. The van der Waals surface area contributed by atoms with Crippen LogP contribution in [0.25, 0.3) is 0 Å². The Labute approximate surface area is 50.1 Å². The van der Waals surface area contributed by atoms with Gasteiger partial charge in [-0.25, -0.2) is 0 Å². The minimum Gasteiger partial charge on any atom is -0.481 e. The van der Waals surface area contributed by atoms with Gasteiger partial charge in [0.2, 0.25) is 0 Å². The van der Waals surface area contributed by atoms with Crippen molar-refractivity contribution in [2.75, 3.05) is 0 Å². The molecule has 0 spiro atoms. The smallest absolute Gasteiger partial charge is 0.303 e. The number of carbonyl (C=O) groups excluding carboxylic acids is 1. The van der Waals surface area contributed by atoms with Crippen molar-refractivity contribution in [2.45, 2.75) is 19.7 Å². The molecule has 3 heteroatoms. The lowest BCUT2D eigenvalue weighted by atomic mass is 10.2. The summed E-state index contributed by atoms with van der Waals surface area (Å²) in [5, 5.41) is 8.11. The molecule has 0 heterocycles. The van der Waals surface area contributed by atoms with E-state index in [2.05, 4.69) is 0 Å². The number of aliphatic carboxylic acids is 1. The molecule has 3 nitrogen and oxygen atoms in total.